The summed E-state index contributed by atoms with van der Waals surface area (Å²) in [5.74, 6) is -0.666. The minimum absolute atomic E-state index is 0.226. The second kappa shape index (κ2) is 8.77. The van der Waals surface area contributed by atoms with Gasteiger partial charge in [0.1, 0.15) is 5.82 Å². The van der Waals surface area contributed by atoms with E-state index in [1.54, 1.807) is 12.1 Å². The molecule has 27 heavy (non-hydrogen) atoms. The van der Waals surface area contributed by atoms with Crippen LogP contribution in [0, 0.1) is 5.82 Å². The zero-order valence-electron chi connectivity index (χ0n) is 15.4. The lowest BCUT2D eigenvalue weighted by molar-refractivity contribution is -0.153. The van der Waals surface area contributed by atoms with Gasteiger partial charge in [-0.2, -0.15) is 0 Å². The van der Waals surface area contributed by atoms with Gasteiger partial charge < -0.3 is 14.3 Å². The van der Waals surface area contributed by atoms with Crippen LogP contribution < -0.4 is 0 Å². The normalized spacial score (nSPS) is 17.1. The van der Waals surface area contributed by atoms with Crippen LogP contribution in [0.1, 0.15) is 36.1 Å². The van der Waals surface area contributed by atoms with Crippen LogP contribution in [-0.2, 0) is 25.5 Å². The fourth-order valence-electron chi connectivity index (χ4n) is 3.04. The zero-order chi connectivity index (χ0) is 19.2. The number of rotatable bonds is 7. The van der Waals surface area contributed by atoms with Gasteiger partial charge in [0, 0.05) is 19.4 Å². The first-order chi connectivity index (χ1) is 13.1. The number of esters is 1. The standard InChI is InChI=1S/C21H22FNO4/c1-3-26-20(21(24)25-2)12-14-5-4-6-16(11-14)18-13-19(27-23-18)15-7-9-17(22)10-8-15/h4-11,19-20H,3,12-13H2,1-2H3/t19?,20-/m1/s1. The summed E-state index contributed by atoms with van der Waals surface area (Å²) in [7, 11) is 1.35. The molecule has 0 saturated heterocycles. The predicted molar refractivity (Wildman–Crippen MR) is 99.0 cm³/mol. The van der Waals surface area contributed by atoms with E-state index >= 15 is 0 Å². The molecule has 2 aromatic carbocycles. The molecule has 0 spiro atoms. The molecule has 1 heterocycles. The molecule has 5 nitrogen and oxygen atoms in total. The van der Waals surface area contributed by atoms with Gasteiger partial charge in [-0.05, 0) is 41.8 Å². The quantitative estimate of drug-likeness (QED) is 0.695. The van der Waals surface area contributed by atoms with E-state index in [0.717, 1.165) is 22.4 Å². The Hall–Kier alpha value is -2.73. The number of oxime groups is 1. The molecule has 6 heteroatoms. The highest BCUT2D eigenvalue weighted by atomic mass is 19.1. The van der Waals surface area contributed by atoms with Crippen LogP contribution in [0.5, 0.6) is 0 Å². The predicted octanol–water partition coefficient (Wildman–Crippen LogP) is 3.81. The van der Waals surface area contributed by atoms with E-state index in [2.05, 4.69) is 5.16 Å². The van der Waals surface area contributed by atoms with E-state index in [9.17, 15) is 9.18 Å². The Balaban J connectivity index is 1.70. The third-order valence-corrected chi connectivity index (χ3v) is 4.42. The first-order valence-corrected chi connectivity index (χ1v) is 8.87. The Kier molecular flexibility index (Phi) is 6.19. The maximum Gasteiger partial charge on any atom is 0.335 e. The van der Waals surface area contributed by atoms with Gasteiger partial charge in [0.15, 0.2) is 12.2 Å². The van der Waals surface area contributed by atoms with Crippen molar-refractivity contribution >= 4 is 11.7 Å². The Morgan fingerprint density at radius 1 is 1.30 bits per heavy atom. The van der Waals surface area contributed by atoms with E-state index in [1.807, 2.05) is 31.2 Å². The Labute approximate surface area is 157 Å². The number of methoxy groups -OCH3 is 1. The fraction of sp³-hybridized carbons (Fsp3) is 0.333. The monoisotopic (exact) mass is 371 g/mol. The lowest BCUT2D eigenvalue weighted by atomic mass is 9.97. The third kappa shape index (κ3) is 4.71. The fourth-order valence-corrected chi connectivity index (χ4v) is 3.04. The maximum atomic E-state index is 13.1. The molecule has 0 radical (unpaired) electrons. The van der Waals surface area contributed by atoms with Crippen LogP contribution >= 0.6 is 0 Å². The Bertz CT molecular complexity index is 819. The molecule has 0 aromatic heterocycles. The molecule has 0 saturated carbocycles. The zero-order valence-corrected chi connectivity index (χ0v) is 15.4. The van der Waals surface area contributed by atoms with Gasteiger partial charge in [0.25, 0.3) is 0 Å². The van der Waals surface area contributed by atoms with Crippen molar-refractivity contribution in [3.63, 3.8) is 0 Å². The molecule has 1 aliphatic heterocycles. The van der Waals surface area contributed by atoms with Gasteiger partial charge in [-0.15, -0.1) is 0 Å². The second-order valence-electron chi connectivity index (χ2n) is 6.26. The molecule has 0 N–H and O–H groups in total. The number of nitrogens with zero attached hydrogens (tertiary/aromatic N) is 1. The maximum absolute atomic E-state index is 13.1. The van der Waals surface area contributed by atoms with Crippen molar-refractivity contribution < 1.29 is 23.5 Å². The largest absolute Gasteiger partial charge is 0.467 e. The van der Waals surface area contributed by atoms with Gasteiger partial charge in [-0.3, -0.25) is 0 Å². The summed E-state index contributed by atoms with van der Waals surface area (Å²) in [4.78, 5) is 17.4. The molecule has 2 atom stereocenters. The first-order valence-electron chi connectivity index (χ1n) is 8.87. The molecular formula is C21H22FNO4. The van der Waals surface area contributed by atoms with E-state index < -0.39 is 6.10 Å². The van der Waals surface area contributed by atoms with Crippen molar-refractivity contribution in [2.24, 2.45) is 5.16 Å². The van der Waals surface area contributed by atoms with Crippen molar-refractivity contribution in [2.45, 2.75) is 32.0 Å². The average molecular weight is 371 g/mol. The number of carbonyl (C=O) groups excluding carboxylic acids is 1. The minimum Gasteiger partial charge on any atom is -0.467 e. The van der Waals surface area contributed by atoms with Crippen LogP contribution in [-0.4, -0.2) is 31.5 Å². The Morgan fingerprint density at radius 2 is 2.07 bits per heavy atom. The third-order valence-electron chi connectivity index (χ3n) is 4.42. The lowest BCUT2D eigenvalue weighted by Crippen LogP contribution is -2.28. The van der Waals surface area contributed by atoms with Crippen LogP contribution in [0.3, 0.4) is 0 Å². The molecule has 3 rings (SSSR count). The number of benzene rings is 2. The average Bonchev–Trinajstić information content (AvgIpc) is 3.18. The van der Waals surface area contributed by atoms with E-state index in [4.69, 9.17) is 14.3 Å². The van der Waals surface area contributed by atoms with Gasteiger partial charge in [-0.1, -0.05) is 35.5 Å². The van der Waals surface area contributed by atoms with Crippen LogP contribution in [0.4, 0.5) is 4.39 Å². The van der Waals surface area contributed by atoms with Gasteiger partial charge >= 0.3 is 5.97 Å². The molecule has 0 bridgehead atoms. The van der Waals surface area contributed by atoms with E-state index in [0.29, 0.717) is 19.4 Å². The highest BCUT2D eigenvalue weighted by Crippen LogP contribution is 2.29. The molecule has 1 unspecified atom stereocenters. The molecule has 0 amide bonds. The second-order valence-corrected chi connectivity index (χ2v) is 6.26. The topological polar surface area (TPSA) is 57.1 Å². The number of hydrogen-bond acceptors (Lipinski definition) is 5. The molecule has 0 aliphatic carbocycles. The van der Waals surface area contributed by atoms with Crippen molar-refractivity contribution in [2.75, 3.05) is 13.7 Å². The SMILES string of the molecule is CCO[C@H](Cc1cccc(C2=NOC(c3ccc(F)cc3)C2)c1)C(=O)OC. The number of ether oxygens (including phenoxy) is 2. The van der Waals surface area contributed by atoms with Gasteiger partial charge in [-0.25, -0.2) is 9.18 Å². The number of carbonyl (C=O) groups is 1. The summed E-state index contributed by atoms with van der Waals surface area (Å²) in [5, 5.41) is 4.19. The summed E-state index contributed by atoms with van der Waals surface area (Å²) < 4.78 is 23.4. The van der Waals surface area contributed by atoms with E-state index in [1.165, 1.54) is 19.2 Å². The molecular weight excluding hydrogens is 349 g/mol. The summed E-state index contributed by atoms with van der Waals surface area (Å²) in [6.45, 7) is 2.27. The highest BCUT2D eigenvalue weighted by Gasteiger charge is 2.25. The van der Waals surface area contributed by atoms with Crippen molar-refractivity contribution in [1.82, 2.24) is 0 Å². The lowest BCUT2D eigenvalue weighted by Gasteiger charge is -2.15. The van der Waals surface area contributed by atoms with Crippen LogP contribution in [0.15, 0.2) is 53.7 Å². The van der Waals surface area contributed by atoms with Crippen molar-refractivity contribution in [3.8, 4) is 0 Å². The number of hydrogen-bond donors (Lipinski definition) is 0. The molecule has 2 aromatic rings. The van der Waals surface area contributed by atoms with Crippen LogP contribution in [0.2, 0.25) is 0 Å². The molecule has 142 valence electrons. The smallest absolute Gasteiger partial charge is 0.335 e. The molecule has 0 fully saturated rings. The van der Waals surface area contributed by atoms with Gasteiger partial charge in [0.2, 0.25) is 0 Å². The van der Waals surface area contributed by atoms with Gasteiger partial charge in [0.05, 0.1) is 12.8 Å². The van der Waals surface area contributed by atoms with Crippen molar-refractivity contribution in [1.29, 1.82) is 0 Å². The summed E-state index contributed by atoms with van der Waals surface area (Å²) in [6.07, 6.45) is 0.157. The summed E-state index contributed by atoms with van der Waals surface area (Å²) >= 11 is 0. The number of halogens is 1. The first kappa shape index (κ1) is 19.0. The molecule has 1 aliphatic rings. The van der Waals surface area contributed by atoms with Crippen LogP contribution in [0.25, 0.3) is 0 Å². The summed E-state index contributed by atoms with van der Waals surface area (Å²) in [6, 6.07) is 14.0. The van der Waals surface area contributed by atoms with E-state index in [-0.39, 0.29) is 17.9 Å². The van der Waals surface area contributed by atoms with Crippen molar-refractivity contribution in [3.05, 3.63) is 71.0 Å². The highest BCUT2D eigenvalue weighted by molar-refractivity contribution is 6.01. The summed E-state index contributed by atoms with van der Waals surface area (Å²) in [5.41, 5.74) is 3.58. The minimum atomic E-state index is -0.635. The Morgan fingerprint density at radius 3 is 2.78 bits per heavy atom.